The molecule has 5 heteroatoms. The Balaban J connectivity index is 1.81. The minimum Gasteiger partial charge on any atom is -0.385 e. The highest BCUT2D eigenvalue weighted by Crippen LogP contribution is 2.36. The lowest BCUT2D eigenvalue weighted by atomic mass is 9.87. The number of aliphatic hydroxyl groups excluding tert-OH is 1. The molecule has 4 rings (SSSR count). The van der Waals surface area contributed by atoms with Gasteiger partial charge in [-0.25, -0.2) is 4.39 Å². The molecule has 0 radical (unpaired) electrons. The van der Waals surface area contributed by atoms with Crippen LogP contribution >= 0.6 is 0 Å². The third-order valence-electron chi connectivity index (χ3n) is 5.23. The van der Waals surface area contributed by atoms with Crippen molar-refractivity contribution >= 4 is 10.9 Å². The highest BCUT2D eigenvalue weighted by Gasteiger charge is 2.26. The van der Waals surface area contributed by atoms with Gasteiger partial charge in [0.05, 0.1) is 11.6 Å². The van der Waals surface area contributed by atoms with Gasteiger partial charge in [0.1, 0.15) is 17.6 Å². The zero-order valence-electron chi connectivity index (χ0n) is 15.0. The number of hydrogen-bond donors (Lipinski definition) is 2. The first-order valence-electron chi connectivity index (χ1n) is 9.33. The summed E-state index contributed by atoms with van der Waals surface area (Å²) in [5.41, 5.74) is 3.92. The second-order valence-electron chi connectivity index (χ2n) is 6.92. The molecule has 3 aromatic rings. The van der Waals surface area contributed by atoms with E-state index < -0.39 is 6.10 Å². The van der Waals surface area contributed by atoms with E-state index in [1.807, 2.05) is 41.9 Å². The Bertz CT molecular complexity index is 921. The Morgan fingerprint density at radius 1 is 1.31 bits per heavy atom. The quantitative estimate of drug-likeness (QED) is 0.735. The minimum absolute atomic E-state index is 0.0735. The zero-order chi connectivity index (χ0) is 18.1. The normalized spacial score (nSPS) is 18.0. The zero-order valence-corrected chi connectivity index (χ0v) is 15.0. The maximum atomic E-state index is 13.6. The molecule has 1 aliphatic carbocycles. The first kappa shape index (κ1) is 17.2. The summed E-state index contributed by atoms with van der Waals surface area (Å²) in [4.78, 5) is 0. The van der Waals surface area contributed by atoms with E-state index in [1.54, 1.807) is 6.07 Å². The lowest BCUT2D eigenvalue weighted by Gasteiger charge is -2.26. The number of aliphatic hydroxyl groups is 1. The van der Waals surface area contributed by atoms with E-state index in [2.05, 4.69) is 5.32 Å². The number of nitrogens with zero attached hydrogens (tertiary/aromatic N) is 2. The summed E-state index contributed by atoms with van der Waals surface area (Å²) < 4.78 is 15.7. The number of benzene rings is 2. The van der Waals surface area contributed by atoms with Crippen molar-refractivity contribution in [2.24, 2.45) is 0 Å². The molecule has 0 amide bonds. The summed E-state index contributed by atoms with van der Waals surface area (Å²) in [7, 11) is 0. The Morgan fingerprint density at radius 2 is 2.15 bits per heavy atom. The Morgan fingerprint density at radius 3 is 3.00 bits per heavy atom. The second-order valence-corrected chi connectivity index (χ2v) is 6.92. The predicted molar refractivity (Wildman–Crippen MR) is 101 cm³/mol. The van der Waals surface area contributed by atoms with Crippen LogP contribution in [0.1, 0.15) is 48.7 Å². The van der Waals surface area contributed by atoms with Gasteiger partial charge in [-0.15, -0.1) is 0 Å². The number of halogens is 1. The van der Waals surface area contributed by atoms with Crippen LogP contribution in [-0.4, -0.2) is 28.0 Å². The number of para-hydroxylation sites is 1. The van der Waals surface area contributed by atoms with E-state index in [9.17, 15) is 9.50 Å². The molecule has 0 spiro atoms. The molecule has 26 heavy (non-hydrogen) atoms. The van der Waals surface area contributed by atoms with E-state index in [0.717, 1.165) is 47.8 Å². The van der Waals surface area contributed by atoms with Crippen molar-refractivity contribution in [1.29, 1.82) is 0 Å². The third-order valence-corrected chi connectivity index (χ3v) is 5.23. The van der Waals surface area contributed by atoms with Gasteiger partial charge < -0.3 is 10.4 Å². The summed E-state index contributed by atoms with van der Waals surface area (Å²) in [6, 6.07) is 13.2. The highest BCUT2D eigenvalue weighted by molar-refractivity contribution is 5.82. The van der Waals surface area contributed by atoms with Gasteiger partial charge in [-0.05, 0) is 55.1 Å². The van der Waals surface area contributed by atoms with E-state index in [4.69, 9.17) is 5.10 Å². The van der Waals surface area contributed by atoms with Crippen LogP contribution in [0.3, 0.4) is 0 Å². The second kappa shape index (κ2) is 7.17. The first-order valence-corrected chi connectivity index (χ1v) is 9.33. The van der Waals surface area contributed by atoms with E-state index >= 15 is 0 Å². The van der Waals surface area contributed by atoms with Crippen molar-refractivity contribution in [2.45, 2.75) is 38.3 Å². The van der Waals surface area contributed by atoms with Crippen molar-refractivity contribution in [1.82, 2.24) is 15.1 Å². The molecule has 136 valence electrons. The molecule has 0 saturated heterocycles. The Labute approximate surface area is 152 Å². The molecule has 2 N–H and O–H groups in total. The average Bonchev–Trinajstić information content (AvgIpc) is 3.05. The lowest BCUT2D eigenvalue weighted by molar-refractivity contribution is 0.171. The number of aryl methyl sites for hydroxylation is 1. The highest BCUT2D eigenvalue weighted by atomic mass is 19.1. The van der Waals surface area contributed by atoms with Crippen LogP contribution in [0, 0.1) is 5.82 Å². The summed E-state index contributed by atoms with van der Waals surface area (Å²) in [5, 5.41) is 19.6. The van der Waals surface area contributed by atoms with Crippen LogP contribution in [0.2, 0.25) is 0 Å². The molecule has 2 unspecified atom stereocenters. The molecular formula is C21H24FN3O. The molecule has 4 nitrogen and oxygen atoms in total. The van der Waals surface area contributed by atoms with Crippen LogP contribution in [0.5, 0.6) is 0 Å². The first-order chi connectivity index (χ1) is 12.7. The van der Waals surface area contributed by atoms with Crippen LogP contribution in [0.15, 0.2) is 42.5 Å². The van der Waals surface area contributed by atoms with E-state index in [-0.39, 0.29) is 11.9 Å². The van der Waals surface area contributed by atoms with Crippen LogP contribution < -0.4 is 5.32 Å². The summed E-state index contributed by atoms with van der Waals surface area (Å²) in [6.45, 7) is 3.29. The number of hydrogen-bond acceptors (Lipinski definition) is 3. The molecule has 0 fully saturated rings. The lowest BCUT2D eigenvalue weighted by Crippen LogP contribution is -2.22. The predicted octanol–water partition coefficient (Wildman–Crippen LogP) is 3.74. The number of rotatable bonds is 5. The van der Waals surface area contributed by atoms with Crippen LogP contribution in [0.25, 0.3) is 10.9 Å². The summed E-state index contributed by atoms with van der Waals surface area (Å²) in [6.07, 6.45) is 2.22. The number of nitrogens with one attached hydrogen (secondary N) is 1. The molecule has 1 aliphatic rings. The van der Waals surface area contributed by atoms with E-state index in [1.165, 1.54) is 6.07 Å². The van der Waals surface area contributed by atoms with E-state index in [0.29, 0.717) is 12.2 Å². The van der Waals surface area contributed by atoms with Gasteiger partial charge in [0.25, 0.3) is 0 Å². The maximum absolute atomic E-state index is 13.6. The van der Waals surface area contributed by atoms with Gasteiger partial charge in [-0.2, -0.15) is 5.10 Å². The Hall–Kier alpha value is -2.24. The average molecular weight is 353 g/mol. The van der Waals surface area contributed by atoms with Crippen molar-refractivity contribution in [2.75, 3.05) is 13.1 Å². The summed E-state index contributed by atoms with van der Waals surface area (Å²) in [5.74, 6) is -0.184. The van der Waals surface area contributed by atoms with Crippen LogP contribution in [-0.2, 0) is 6.42 Å². The largest absolute Gasteiger partial charge is 0.385 e. The molecule has 2 aromatic carbocycles. The topological polar surface area (TPSA) is 50.1 Å². The maximum Gasteiger partial charge on any atom is 0.123 e. The SMILES string of the molecule is CCNCC(O)c1nn(C2CCCc3cc(F)ccc32)c2ccccc12. The van der Waals surface area contributed by atoms with Crippen molar-refractivity contribution in [3.8, 4) is 0 Å². The van der Waals surface area contributed by atoms with Crippen molar-refractivity contribution in [3.05, 3.63) is 65.1 Å². The molecule has 2 atom stereocenters. The smallest absolute Gasteiger partial charge is 0.123 e. The Kier molecular flexibility index (Phi) is 4.74. The van der Waals surface area contributed by atoms with Gasteiger partial charge in [0.15, 0.2) is 0 Å². The standard InChI is InChI=1S/C21H24FN3O/c1-2-23-13-20(26)21-17-7-3-4-8-19(17)25(24-21)18-9-5-6-14-12-15(22)10-11-16(14)18/h3-4,7-8,10-12,18,20,23,26H,2,5-6,9,13H2,1H3. The number of aromatic nitrogens is 2. The molecule has 0 saturated carbocycles. The third kappa shape index (κ3) is 3.02. The monoisotopic (exact) mass is 353 g/mol. The fraction of sp³-hybridized carbons (Fsp3) is 0.381. The number of likely N-dealkylation sites (N-methyl/N-ethyl adjacent to an activating group) is 1. The molecular weight excluding hydrogens is 329 g/mol. The van der Waals surface area contributed by atoms with Gasteiger partial charge in [0, 0.05) is 11.9 Å². The summed E-state index contributed by atoms with van der Waals surface area (Å²) >= 11 is 0. The fourth-order valence-electron chi connectivity index (χ4n) is 3.99. The minimum atomic E-state index is -0.655. The molecule has 0 aliphatic heterocycles. The molecule has 0 bridgehead atoms. The molecule has 1 heterocycles. The van der Waals surface area contributed by atoms with Crippen LogP contribution in [0.4, 0.5) is 4.39 Å². The van der Waals surface area contributed by atoms with Gasteiger partial charge in [-0.3, -0.25) is 4.68 Å². The van der Waals surface area contributed by atoms with Gasteiger partial charge in [0.2, 0.25) is 0 Å². The van der Waals surface area contributed by atoms with Gasteiger partial charge in [-0.1, -0.05) is 31.2 Å². The van der Waals surface area contributed by atoms with Gasteiger partial charge >= 0.3 is 0 Å². The van der Waals surface area contributed by atoms with Crippen molar-refractivity contribution in [3.63, 3.8) is 0 Å². The fourth-order valence-corrected chi connectivity index (χ4v) is 3.99. The number of fused-ring (bicyclic) bond motifs is 2. The van der Waals surface area contributed by atoms with Crippen molar-refractivity contribution < 1.29 is 9.50 Å². The molecule has 1 aromatic heterocycles.